The van der Waals surface area contributed by atoms with E-state index in [0.717, 1.165) is 31.1 Å². The number of carbonyl (C=O) groups is 2. The maximum atomic E-state index is 10.2. The molecule has 0 saturated heterocycles. The Bertz CT molecular complexity index is 852. The molecule has 0 bridgehead atoms. The summed E-state index contributed by atoms with van der Waals surface area (Å²) in [6.07, 6.45) is 5.86. The van der Waals surface area contributed by atoms with Crippen LogP contribution in [0.4, 0.5) is 11.5 Å². The molecule has 1 aromatic carbocycles. The molecule has 0 fully saturated rings. The molecule has 0 radical (unpaired) electrons. The number of benzene rings is 1. The molecule has 0 aliphatic rings. The second-order valence-corrected chi connectivity index (χ2v) is 6.58. The van der Waals surface area contributed by atoms with Gasteiger partial charge in [0.05, 0.1) is 35.0 Å². The maximum Gasteiger partial charge on any atom is 0.221 e. The third-order valence-corrected chi connectivity index (χ3v) is 3.94. The molecule has 8 heteroatoms. The van der Waals surface area contributed by atoms with E-state index in [1.165, 1.54) is 6.33 Å². The minimum atomic E-state index is 0.307. The van der Waals surface area contributed by atoms with E-state index in [9.17, 15) is 9.59 Å². The highest BCUT2D eigenvalue weighted by Gasteiger charge is 2.09. The Balaban J connectivity index is 0. The number of aldehydes is 1. The number of nitriles is 1. The van der Waals surface area contributed by atoms with Crippen molar-refractivity contribution in [1.29, 1.82) is 5.26 Å². The van der Waals surface area contributed by atoms with Gasteiger partial charge in [-0.2, -0.15) is 5.26 Å². The summed E-state index contributed by atoms with van der Waals surface area (Å²) in [6.45, 7) is 11.4. The number of ketones is 1. The van der Waals surface area contributed by atoms with Crippen LogP contribution in [-0.2, 0) is 9.59 Å². The summed E-state index contributed by atoms with van der Waals surface area (Å²) in [4.78, 5) is 27.5. The van der Waals surface area contributed by atoms with E-state index in [1.54, 1.807) is 32.2 Å². The van der Waals surface area contributed by atoms with Gasteiger partial charge < -0.3 is 19.6 Å². The number of rotatable bonds is 7. The van der Waals surface area contributed by atoms with Crippen LogP contribution < -0.4 is 10.1 Å². The molecule has 176 valence electrons. The molecule has 1 heterocycles. The lowest BCUT2D eigenvalue weighted by molar-refractivity contribution is -0.117. The topological polar surface area (TPSA) is 105 Å². The zero-order valence-corrected chi connectivity index (χ0v) is 20.9. The average Bonchev–Trinajstić information content (AvgIpc) is 2.82. The van der Waals surface area contributed by atoms with Gasteiger partial charge in [0, 0.05) is 12.8 Å². The number of hydrogen-bond acceptors (Lipinski definition) is 7. The van der Waals surface area contributed by atoms with E-state index in [-0.39, 0.29) is 0 Å². The van der Waals surface area contributed by atoms with Gasteiger partial charge in [0.15, 0.2) is 0 Å². The van der Waals surface area contributed by atoms with Crippen molar-refractivity contribution in [2.75, 3.05) is 12.4 Å². The second kappa shape index (κ2) is 20.0. The second-order valence-electron chi connectivity index (χ2n) is 6.17. The smallest absolute Gasteiger partial charge is 0.221 e. The zero-order chi connectivity index (χ0) is 24.9. The Hall–Kier alpha value is -2.98. The molecular weight excluding hydrogens is 428 g/mol. The Morgan fingerprint density at radius 2 is 1.91 bits per heavy atom. The summed E-state index contributed by atoms with van der Waals surface area (Å²) >= 11 is 6.10. The van der Waals surface area contributed by atoms with Crippen molar-refractivity contribution in [2.24, 2.45) is 0 Å². The Labute approximate surface area is 197 Å². The molecule has 2 aromatic rings. The molecule has 7 nitrogen and oxygen atoms in total. The highest BCUT2D eigenvalue weighted by atomic mass is 35.5. The molecule has 0 aliphatic carbocycles. The molecule has 32 heavy (non-hydrogen) atoms. The van der Waals surface area contributed by atoms with Crippen molar-refractivity contribution in [1.82, 2.24) is 9.97 Å². The standard InChI is InChI=1S/C13H11ClN4O.C6H12O.C3H6O.C2H6/c1-8-12(16-7-17-13(8)19-2)18-11-4-3-9(6-15)5-10(11)14;1-3-4-5-6(2)7;1-2-3-4;1-2/h3-5,7H,1-2H3,(H,16,17,18);3-5H2,1-2H3;3H,2H2,1H3;1-2H3. The van der Waals surface area contributed by atoms with Gasteiger partial charge in [-0.15, -0.1) is 0 Å². The minimum Gasteiger partial charge on any atom is -0.481 e. The summed E-state index contributed by atoms with van der Waals surface area (Å²) in [6, 6.07) is 7.04. The first kappa shape index (κ1) is 31.2. The Morgan fingerprint density at radius 3 is 2.31 bits per heavy atom. The zero-order valence-electron chi connectivity index (χ0n) is 20.2. The predicted octanol–water partition coefficient (Wildman–Crippen LogP) is 6.45. The van der Waals surface area contributed by atoms with Crippen LogP contribution in [0.25, 0.3) is 0 Å². The van der Waals surface area contributed by atoms with Crippen LogP contribution >= 0.6 is 11.6 Å². The normalized spacial score (nSPS) is 8.72. The molecule has 0 saturated carbocycles. The van der Waals surface area contributed by atoms with Crippen molar-refractivity contribution in [3.63, 3.8) is 0 Å². The maximum absolute atomic E-state index is 10.2. The van der Waals surface area contributed by atoms with Crippen LogP contribution in [-0.4, -0.2) is 29.1 Å². The molecule has 0 spiro atoms. The van der Waals surface area contributed by atoms with Gasteiger partial charge >= 0.3 is 0 Å². The first-order valence-corrected chi connectivity index (χ1v) is 11.0. The van der Waals surface area contributed by atoms with Crippen LogP contribution in [0.1, 0.15) is 71.4 Å². The molecule has 1 aromatic heterocycles. The van der Waals surface area contributed by atoms with Crippen LogP contribution in [0.2, 0.25) is 5.02 Å². The van der Waals surface area contributed by atoms with E-state index in [4.69, 9.17) is 21.6 Å². The molecule has 2 rings (SSSR count). The number of hydrogen-bond donors (Lipinski definition) is 1. The number of nitrogens with one attached hydrogen (secondary N) is 1. The third-order valence-electron chi connectivity index (χ3n) is 3.63. The monoisotopic (exact) mass is 462 g/mol. The highest BCUT2D eigenvalue weighted by molar-refractivity contribution is 6.33. The highest BCUT2D eigenvalue weighted by Crippen LogP contribution is 2.28. The van der Waals surface area contributed by atoms with Crippen molar-refractivity contribution in [2.45, 2.75) is 67.2 Å². The van der Waals surface area contributed by atoms with E-state index in [0.29, 0.717) is 40.2 Å². The summed E-state index contributed by atoms with van der Waals surface area (Å²) < 4.78 is 5.12. The number of halogens is 1. The molecule has 0 unspecified atom stereocenters. The molecule has 0 aliphatic heterocycles. The fourth-order valence-corrected chi connectivity index (χ4v) is 2.23. The van der Waals surface area contributed by atoms with E-state index in [2.05, 4.69) is 22.2 Å². The van der Waals surface area contributed by atoms with Gasteiger partial charge in [-0.1, -0.05) is 45.7 Å². The van der Waals surface area contributed by atoms with Crippen molar-refractivity contribution < 1.29 is 14.3 Å². The van der Waals surface area contributed by atoms with Gasteiger partial charge in [-0.25, -0.2) is 9.97 Å². The fraction of sp³-hybridized carbons (Fsp3) is 0.458. The average molecular weight is 463 g/mol. The van der Waals surface area contributed by atoms with Gasteiger partial charge in [-0.05, 0) is 38.5 Å². The predicted molar refractivity (Wildman–Crippen MR) is 131 cm³/mol. The van der Waals surface area contributed by atoms with Gasteiger partial charge in [0.2, 0.25) is 5.88 Å². The number of unbranched alkanes of at least 4 members (excludes halogenated alkanes) is 1. The van der Waals surface area contributed by atoms with Crippen LogP contribution in [0, 0.1) is 18.3 Å². The number of ether oxygens (including phenoxy) is 1. The van der Waals surface area contributed by atoms with Crippen LogP contribution in [0.3, 0.4) is 0 Å². The lowest BCUT2D eigenvalue weighted by Crippen LogP contribution is -2.01. The lowest BCUT2D eigenvalue weighted by atomic mass is 10.2. The van der Waals surface area contributed by atoms with Crippen LogP contribution in [0.15, 0.2) is 24.5 Å². The number of methoxy groups -OCH3 is 1. The van der Waals surface area contributed by atoms with Crippen molar-refractivity contribution in [3.8, 4) is 11.9 Å². The summed E-state index contributed by atoms with van der Waals surface area (Å²) in [7, 11) is 1.55. The molecule has 0 atom stereocenters. The van der Waals surface area contributed by atoms with E-state index < -0.39 is 0 Å². The number of carbonyl (C=O) groups excluding carboxylic acids is 2. The number of nitrogens with zero attached hydrogens (tertiary/aromatic N) is 3. The first-order chi connectivity index (χ1) is 15.3. The summed E-state index contributed by atoms with van der Waals surface area (Å²) in [5.41, 5.74) is 1.96. The minimum absolute atomic E-state index is 0.307. The van der Waals surface area contributed by atoms with Crippen molar-refractivity contribution in [3.05, 3.63) is 40.7 Å². The summed E-state index contributed by atoms with van der Waals surface area (Å²) in [5.74, 6) is 1.42. The van der Waals surface area contributed by atoms with Gasteiger partial charge in [0.25, 0.3) is 0 Å². The number of aromatic nitrogens is 2. The third kappa shape index (κ3) is 13.3. The van der Waals surface area contributed by atoms with E-state index >= 15 is 0 Å². The fourth-order valence-electron chi connectivity index (χ4n) is 2.01. The molecular formula is C24H35ClN4O3. The van der Waals surface area contributed by atoms with E-state index in [1.807, 2.05) is 33.8 Å². The Morgan fingerprint density at radius 1 is 1.28 bits per heavy atom. The van der Waals surface area contributed by atoms with Gasteiger partial charge in [0.1, 0.15) is 24.2 Å². The van der Waals surface area contributed by atoms with Gasteiger partial charge in [-0.3, -0.25) is 0 Å². The number of Topliss-reactive ketones (excluding diaryl/α,β-unsaturated/α-hetero) is 1. The quantitative estimate of drug-likeness (QED) is 0.471. The largest absolute Gasteiger partial charge is 0.481 e. The number of anilines is 2. The molecule has 0 amide bonds. The summed E-state index contributed by atoms with van der Waals surface area (Å²) in [5, 5.41) is 12.3. The Kier molecular flexibility index (Phi) is 19.5. The first-order valence-electron chi connectivity index (χ1n) is 10.6. The van der Waals surface area contributed by atoms with Crippen molar-refractivity contribution >= 4 is 35.2 Å². The lowest BCUT2D eigenvalue weighted by Gasteiger charge is -2.11. The SMILES string of the molecule is CC.CCC=O.CCCCC(C)=O.COc1ncnc(Nc2ccc(C#N)cc2Cl)c1C. The van der Waals surface area contributed by atoms with Crippen LogP contribution in [0.5, 0.6) is 5.88 Å². The molecule has 1 N–H and O–H groups in total.